The molecule has 0 atom stereocenters. The van der Waals surface area contributed by atoms with Crippen LogP contribution < -0.4 is 42.6 Å². The molecular formula is C56H38B2N2. The van der Waals surface area contributed by atoms with Crippen LogP contribution in [0.2, 0.25) is 0 Å². The molecule has 2 nitrogen and oxygen atoms in total. The lowest BCUT2D eigenvalue weighted by atomic mass is 9.31. The summed E-state index contributed by atoms with van der Waals surface area (Å²) in [6.45, 7) is 9.49. The summed E-state index contributed by atoms with van der Waals surface area (Å²) < 4.78 is 0. The molecule has 0 N–H and O–H groups in total. The average molecular weight is 761 g/mol. The maximum Gasteiger partial charge on any atom is 0.248 e. The Hall–Kier alpha value is -7.03. The Kier molecular flexibility index (Phi) is 6.23. The highest BCUT2D eigenvalue weighted by molar-refractivity contribution is 7.02. The minimum Gasteiger partial charge on any atom is -0.311 e. The minimum absolute atomic E-state index is 0.111. The van der Waals surface area contributed by atoms with Crippen molar-refractivity contribution in [2.75, 3.05) is 9.80 Å². The number of benzene rings is 10. The van der Waals surface area contributed by atoms with Gasteiger partial charge >= 0.3 is 0 Å². The number of anilines is 6. The van der Waals surface area contributed by atoms with Crippen molar-refractivity contribution < 1.29 is 0 Å². The zero-order chi connectivity index (χ0) is 39.7. The quantitative estimate of drug-likeness (QED) is 0.128. The second-order valence-electron chi connectivity index (χ2n) is 17.8. The van der Waals surface area contributed by atoms with Gasteiger partial charge in [0.05, 0.1) is 0 Å². The van der Waals surface area contributed by atoms with Gasteiger partial charge in [0.2, 0.25) is 13.4 Å². The molecule has 0 amide bonds. The molecule has 0 bridgehead atoms. The zero-order valence-corrected chi connectivity index (χ0v) is 34.1. The highest BCUT2D eigenvalue weighted by Gasteiger charge is 2.45. The van der Waals surface area contributed by atoms with E-state index >= 15 is 0 Å². The Morgan fingerprint density at radius 3 is 1.17 bits per heavy atom. The molecule has 14 rings (SSSR count). The van der Waals surface area contributed by atoms with Gasteiger partial charge in [0.15, 0.2) is 0 Å². The van der Waals surface area contributed by atoms with Crippen LogP contribution in [-0.2, 0) is 0 Å². The lowest BCUT2D eigenvalue weighted by Crippen LogP contribution is -2.60. The van der Waals surface area contributed by atoms with Crippen molar-refractivity contribution >= 4 is 113 Å². The third-order valence-corrected chi connectivity index (χ3v) is 14.4. The van der Waals surface area contributed by atoms with Gasteiger partial charge in [0.1, 0.15) is 0 Å². The molecule has 10 aromatic carbocycles. The van der Waals surface area contributed by atoms with Gasteiger partial charge < -0.3 is 9.80 Å². The first-order chi connectivity index (χ1) is 29.4. The largest absolute Gasteiger partial charge is 0.311 e. The molecule has 0 spiro atoms. The fourth-order valence-electron chi connectivity index (χ4n) is 12.3. The highest BCUT2D eigenvalue weighted by Crippen LogP contribution is 2.50. The number of rotatable bonds is 2. The molecule has 0 radical (unpaired) electrons. The van der Waals surface area contributed by atoms with Gasteiger partial charge in [-0.05, 0) is 175 Å². The molecule has 4 aliphatic heterocycles. The van der Waals surface area contributed by atoms with Crippen molar-refractivity contribution in [3.63, 3.8) is 0 Å². The normalized spacial score (nSPS) is 13.9. The third kappa shape index (κ3) is 3.97. The molecule has 4 heteroatoms. The standard InChI is InChI=1S/C56H38B2N2/c1-31-23-41-39-27-33(3)37-30-46-52-40(42-24-32(2)26-50-56(42)58(46)44-20-12-14-22-48(44)60(50)36-17-9-6-10-18-36)28-34(4)38-29-45(51(39)53(37)54(38)52)57-43-19-11-13-21-47(43)59(49(25-31)55(41)57)35-15-7-5-8-16-35/h5-30H,1-4H3. The molecule has 0 aliphatic carbocycles. The van der Waals surface area contributed by atoms with Gasteiger partial charge in [-0.2, -0.15) is 0 Å². The second-order valence-corrected chi connectivity index (χ2v) is 17.8. The number of aryl methyl sites for hydroxylation is 4. The summed E-state index contributed by atoms with van der Waals surface area (Å²) in [7, 11) is 0. The van der Waals surface area contributed by atoms with Crippen molar-refractivity contribution in [2.24, 2.45) is 0 Å². The van der Waals surface area contributed by atoms with Crippen molar-refractivity contribution in [1.29, 1.82) is 0 Å². The van der Waals surface area contributed by atoms with Crippen LogP contribution in [0.1, 0.15) is 22.3 Å². The molecule has 0 fully saturated rings. The van der Waals surface area contributed by atoms with Crippen LogP contribution in [0.5, 0.6) is 0 Å². The minimum atomic E-state index is 0.111. The van der Waals surface area contributed by atoms with Crippen LogP contribution in [0.3, 0.4) is 0 Å². The van der Waals surface area contributed by atoms with Gasteiger partial charge in [-0.1, -0.05) is 120 Å². The van der Waals surface area contributed by atoms with Crippen LogP contribution in [0, 0.1) is 27.7 Å². The topological polar surface area (TPSA) is 6.48 Å². The van der Waals surface area contributed by atoms with Crippen molar-refractivity contribution in [2.45, 2.75) is 27.7 Å². The SMILES string of the molecule is Cc1cc2c3c(c1)N(c1ccccc1)c1ccccc1B3c1cc3c(C)cc4c5c(cc6c(C)cc-2c1c6c35)B1c2ccccc2N(c2ccccc2)c2cc(C)cc-4c21. The van der Waals surface area contributed by atoms with Crippen molar-refractivity contribution in [3.05, 3.63) is 180 Å². The van der Waals surface area contributed by atoms with Crippen LogP contribution in [0.4, 0.5) is 34.1 Å². The van der Waals surface area contributed by atoms with E-state index in [0.29, 0.717) is 0 Å². The van der Waals surface area contributed by atoms with Gasteiger partial charge in [-0.25, -0.2) is 0 Å². The Balaban J connectivity index is 1.14. The fourth-order valence-corrected chi connectivity index (χ4v) is 12.3. The number of fused-ring (bicyclic) bond motifs is 8. The fraction of sp³-hybridized carbons (Fsp3) is 0.0714. The highest BCUT2D eigenvalue weighted by atomic mass is 15.2. The lowest BCUT2D eigenvalue weighted by Gasteiger charge is -2.42. The van der Waals surface area contributed by atoms with E-state index in [1.54, 1.807) is 0 Å². The molecule has 278 valence electrons. The Morgan fingerprint density at radius 1 is 0.333 bits per heavy atom. The molecule has 4 aliphatic rings. The lowest BCUT2D eigenvalue weighted by molar-refractivity contribution is 1.28. The smallest absolute Gasteiger partial charge is 0.248 e. The van der Waals surface area contributed by atoms with Gasteiger partial charge in [-0.3, -0.25) is 0 Å². The molecule has 0 aromatic heterocycles. The predicted molar refractivity (Wildman–Crippen MR) is 259 cm³/mol. The third-order valence-electron chi connectivity index (χ3n) is 14.4. The maximum atomic E-state index is 2.62. The van der Waals surface area contributed by atoms with E-state index < -0.39 is 0 Å². The zero-order valence-electron chi connectivity index (χ0n) is 34.1. The van der Waals surface area contributed by atoms with E-state index in [1.807, 2.05) is 0 Å². The van der Waals surface area contributed by atoms with Crippen molar-refractivity contribution in [1.82, 2.24) is 0 Å². The first kappa shape index (κ1) is 32.9. The van der Waals surface area contributed by atoms with E-state index in [9.17, 15) is 0 Å². The Morgan fingerprint density at radius 2 is 0.733 bits per heavy atom. The van der Waals surface area contributed by atoms with E-state index in [2.05, 4.69) is 195 Å². The number of nitrogens with zero attached hydrogens (tertiary/aromatic N) is 2. The second kappa shape index (κ2) is 11.4. The monoisotopic (exact) mass is 760 g/mol. The first-order valence-corrected chi connectivity index (χ1v) is 21.4. The number of para-hydroxylation sites is 4. The van der Waals surface area contributed by atoms with Crippen LogP contribution >= 0.6 is 0 Å². The summed E-state index contributed by atoms with van der Waals surface area (Å²) in [6.07, 6.45) is 0. The molecule has 0 saturated heterocycles. The average Bonchev–Trinajstić information content (AvgIpc) is 3.27. The van der Waals surface area contributed by atoms with Crippen molar-refractivity contribution in [3.8, 4) is 22.3 Å². The van der Waals surface area contributed by atoms with E-state index in [4.69, 9.17) is 0 Å². The summed E-state index contributed by atoms with van der Waals surface area (Å²) in [5, 5.41) is 8.49. The summed E-state index contributed by atoms with van der Waals surface area (Å²) in [5.74, 6) is 0. The van der Waals surface area contributed by atoms with Gasteiger partial charge in [0.25, 0.3) is 0 Å². The first-order valence-electron chi connectivity index (χ1n) is 21.4. The van der Waals surface area contributed by atoms with Crippen LogP contribution in [-0.4, -0.2) is 13.4 Å². The summed E-state index contributed by atoms with van der Waals surface area (Å²) >= 11 is 0. The van der Waals surface area contributed by atoms with Crippen LogP contribution in [0.15, 0.2) is 158 Å². The molecule has 4 heterocycles. The molecular weight excluding hydrogens is 722 g/mol. The predicted octanol–water partition coefficient (Wildman–Crippen LogP) is 10.4. The summed E-state index contributed by atoms with van der Waals surface area (Å²) in [6, 6.07) is 60.3. The summed E-state index contributed by atoms with van der Waals surface area (Å²) in [5.41, 5.74) is 26.7. The summed E-state index contributed by atoms with van der Waals surface area (Å²) in [4.78, 5) is 5.02. The number of hydrogen-bond acceptors (Lipinski definition) is 2. The van der Waals surface area contributed by atoms with E-state index in [-0.39, 0.29) is 13.4 Å². The Labute approximate surface area is 350 Å². The van der Waals surface area contributed by atoms with E-state index in [0.717, 1.165) is 0 Å². The Bertz CT molecular complexity index is 3320. The van der Waals surface area contributed by atoms with Crippen LogP contribution in [0.25, 0.3) is 54.6 Å². The van der Waals surface area contributed by atoms with Gasteiger partial charge in [0, 0.05) is 34.1 Å². The molecule has 60 heavy (non-hydrogen) atoms. The maximum absolute atomic E-state index is 2.62. The molecule has 0 saturated carbocycles. The number of hydrogen-bond donors (Lipinski definition) is 0. The molecule has 10 aromatic rings. The molecule has 0 unspecified atom stereocenters. The van der Waals surface area contributed by atoms with E-state index in [1.165, 1.54) is 144 Å². The van der Waals surface area contributed by atoms with Gasteiger partial charge in [-0.15, -0.1) is 0 Å².